The van der Waals surface area contributed by atoms with Crippen molar-refractivity contribution in [2.75, 3.05) is 41.4 Å². The summed E-state index contributed by atoms with van der Waals surface area (Å²) < 4.78 is 31.6. The predicted molar refractivity (Wildman–Crippen MR) is 165 cm³/mol. The molecule has 0 fully saturated rings. The van der Waals surface area contributed by atoms with Crippen molar-refractivity contribution in [1.29, 1.82) is 0 Å². The van der Waals surface area contributed by atoms with Gasteiger partial charge < -0.3 is 23.7 Å². The summed E-state index contributed by atoms with van der Waals surface area (Å²) in [4.78, 5) is 4.86. The summed E-state index contributed by atoms with van der Waals surface area (Å²) in [6, 6.07) is 21.5. The number of hydrogen-bond acceptors (Lipinski definition) is 7. The molecule has 220 valence electrons. The Morgan fingerprint density at radius 3 is 2.09 bits per heavy atom. The van der Waals surface area contributed by atoms with E-state index in [4.69, 9.17) is 23.7 Å². The fraction of sp³-hybridized carbons (Fsp3) is 0.333. The van der Waals surface area contributed by atoms with Gasteiger partial charge >= 0.3 is 0 Å². The van der Waals surface area contributed by atoms with Gasteiger partial charge in [-0.3, -0.25) is 9.80 Å². The Morgan fingerprint density at radius 2 is 1.30 bits per heavy atom. The molecule has 0 aliphatic carbocycles. The van der Waals surface area contributed by atoms with Crippen LogP contribution in [0.3, 0.4) is 0 Å². The van der Waals surface area contributed by atoms with E-state index in [2.05, 4.69) is 78.5 Å². The average molecular weight is 577 g/mol. The van der Waals surface area contributed by atoms with E-state index < -0.39 is 0 Å². The number of likely N-dealkylation sites (N-methyl/N-ethyl adjacent to an activating group) is 2. The highest BCUT2D eigenvalue weighted by Crippen LogP contribution is 2.56. The third-order valence-corrected chi connectivity index (χ3v) is 9.64. The molecule has 0 amide bonds. The minimum Gasteiger partial charge on any atom is -0.493 e. The van der Waals surface area contributed by atoms with Crippen LogP contribution < -0.4 is 23.7 Å². The van der Waals surface area contributed by atoms with Crippen molar-refractivity contribution >= 4 is 0 Å². The van der Waals surface area contributed by atoms with Gasteiger partial charge in [-0.05, 0) is 110 Å². The number of fused-ring (bicyclic) bond motifs is 2. The zero-order valence-corrected chi connectivity index (χ0v) is 25.1. The summed E-state index contributed by atoms with van der Waals surface area (Å²) in [6.07, 6.45) is 3.53. The minimum atomic E-state index is 0.118. The Kier molecular flexibility index (Phi) is 6.28. The van der Waals surface area contributed by atoms with Crippen molar-refractivity contribution in [3.63, 3.8) is 0 Å². The van der Waals surface area contributed by atoms with Crippen molar-refractivity contribution in [2.45, 2.75) is 37.8 Å². The van der Waals surface area contributed by atoms with Gasteiger partial charge in [0.25, 0.3) is 0 Å². The van der Waals surface area contributed by atoms with E-state index in [1.807, 2.05) is 6.07 Å². The van der Waals surface area contributed by atoms with E-state index in [1.54, 1.807) is 14.2 Å². The minimum absolute atomic E-state index is 0.118. The van der Waals surface area contributed by atoms with Gasteiger partial charge in [0.05, 0.1) is 14.2 Å². The first-order valence-corrected chi connectivity index (χ1v) is 15.1. The molecule has 7 heteroatoms. The van der Waals surface area contributed by atoms with Crippen LogP contribution in [-0.2, 0) is 25.7 Å². The Hall–Kier alpha value is -4.20. The van der Waals surface area contributed by atoms with Crippen molar-refractivity contribution in [3.8, 4) is 46.0 Å². The first kappa shape index (κ1) is 26.4. The number of hydrogen-bond donors (Lipinski definition) is 0. The standard InChI is InChI=1S/C36H36N2O5/c1-37-13-11-23-18-31-32-20-26(23)27(37)16-22-7-10-29(39-3)30(17-22)41-25-8-5-21(6-9-25)15-28-34-24(12-14-38(28)2)19-33(40-4)35(42-31)36(34)43-32/h5-10,17-20,27-28H,11-16H2,1-4H3/t27-,28-/m1/s1. The molecule has 0 saturated carbocycles. The van der Waals surface area contributed by atoms with Gasteiger partial charge in [0.15, 0.2) is 34.5 Å². The van der Waals surface area contributed by atoms with E-state index in [0.29, 0.717) is 5.75 Å². The number of methoxy groups -OCH3 is 2. The van der Waals surface area contributed by atoms with Crippen LogP contribution in [0.25, 0.3) is 0 Å². The smallest absolute Gasteiger partial charge is 0.212 e. The van der Waals surface area contributed by atoms with Gasteiger partial charge in [-0.25, -0.2) is 0 Å². The lowest BCUT2D eigenvalue weighted by Crippen LogP contribution is -2.34. The molecule has 0 N–H and O–H groups in total. The van der Waals surface area contributed by atoms with Crippen LogP contribution in [0.4, 0.5) is 0 Å². The summed E-state index contributed by atoms with van der Waals surface area (Å²) >= 11 is 0. The molecule has 4 aromatic carbocycles. The Morgan fingerprint density at radius 1 is 0.628 bits per heavy atom. The number of benzene rings is 4. The van der Waals surface area contributed by atoms with Crippen LogP contribution in [0.2, 0.25) is 0 Å². The number of rotatable bonds is 2. The number of nitrogens with zero attached hydrogens (tertiary/aromatic N) is 2. The topological polar surface area (TPSA) is 52.6 Å². The Labute approximate surface area is 252 Å². The zero-order chi connectivity index (χ0) is 29.2. The Bertz CT molecular complexity index is 1730. The summed E-state index contributed by atoms with van der Waals surface area (Å²) in [7, 11) is 7.80. The molecule has 7 bridgehead atoms. The molecule has 0 radical (unpaired) electrons. The summed E-state index contributed by atoms with van der Waals surface area (Å²) in [5.41, 5.74) is 7.41. The fourth-order valence-corrected chi connectivity index (χ4v) is 7.21. The first-order valence-electron chi connectivity index (χ1n) is 15.1. The van der Waals surface area contributed by atoms with Crippen LogP contribution >= 0.6 is 0 Å². The van der Waals surface area contributed by atoms with Gasteiger partial charge in [-0.2, -0.15) is 0 Å². The lowest BCUT2D eigenvalue weighted by Gasteiger charge is -2.39. The monoisotopic (exact) mass is 576 g/mol. The number of ether oxygens (including phenoxy) is 5. The molecule has 2 atom stereocenters. The van der Waals surface area contributed by atoms with Gasteiger partial charge in [-0.15, -0.1) is 0 Å². The quantitative estimate of drug-likeness (QED) is 0.219. The average Bonchev–Trinajstić information content (AvgIpc) is 3.02. The second kappa shape index (κ2) is 10.2. The maximum atomic E-state index is 6.91. The van der Waals surface area contributed by atoms with Crippen LogP contribution in [0, 0.1) is 0 Å². The van der Waals surface area contributed by atoms with Gasteiger partial charge in [0.1, 0.15) is 5.75 Å². The molecule has 0 spiro atoms. The van der Waals surface area contributed by atoms with Crippen LogP contribution in [0.1, 0.15) is 45.5 Å². The fourth-order valence-electron chi connectivity index (χ4n) is 7.21. The van der Waals surface area contributed by atoms with E-state index in [9.17, 15) is 0 Å². The molecule has 5 heterocycles. The molecular weight excluding hydrogens is 540 g/mol. The normalized spacial score (nSPS) is 20.4. The van der Waals surface area contributed by atoms with Crippen molar-refractivity contribution in [3.05, 3.63) is 94.0 Å². The third kappa shape index (κ3) is 4.41. The third-order valence-electron chi connectivity index (χ3n) is 9.64. The van der Waals surface area contributed by atoms with E-state index >= 15 is 0 Å². The molecule has 0 saturated heterocycles. The van der Waals surface area contributed by atoms with Crippen molar-refractivity contribution < 1.29 is 23.7 Å². The van der Waals surface area contributed by atoms with Crippen LogP contribution in [0.5, 0.6) is 46.0 Å². The molecule has 5 aliphatic heterocycles. The molecule has 7 nitrogen and oxygen atoms in total. The second-order valence-corrected chi connectivity index (χ2v) is 12.1. The highest BCUT2D eigenvalue weighted by atomic mass is 16.6. The first-order chi connectivity index (χ1) is 21.0. The SMILES string of the molecule is COc1ccc2cc1Oc1ccc(cc1)C[C@@H]1c3c(cc(OC)c4c3Oc3cc5c(cc3O4)CCN(C)[C@@H]5C2)CCN1C. The molecular formula is C36H36N2O5. The Balaban J connectivity index is 1.33. The molecule has 9 rings (SSSR count). The largest absolute Gasteiger partial charge is 0.493 e. The van der Waals surface area contributed by atoms with Gasteiger partial charge in [0.2, 0.25) is 5.75 Å². The molecule has 0 unspecified atom stereocenters. The van der Waals surface area contributed by atoms with Crippen LogP contribution in [-0.4, -0.2) is 51.2 Å². The highest BCUT2D eigenvalue weighted by Gasteiger charge is 2.37. The summed E-state index contributed by atoms with van der Waals surface area (Å²) in [5.74, 6) is 5.91. The molecule has 0 aromatic heterocycles. The maximum absolute atomic E-state index is 6.91. The highest BCUT2D eigenvalue weighted by molar-refractivity contribution is 5.67. The van der Waals surface area contributed by atoms with E-state index in [-0.39, 0.29) is 12.1 Å². The zero-order valence-electron chi connectivity index (χ0n) is 25.1. The van der Waals surface area contributed by atoms with E-state index in [0.717, 1.165) is 79.0 Å². The van der Waals surface area contributed by atoms with Crippen LogP contribution in [0.15, 0.2) is 60.7 Å². The lowest BCUT2D eigenvalue weighted by molar-refractivity contribution is 0.218. The molecule has 5 aliphatic rings. The second-order valence-electron chi connectivity index (χ2n) is 12.1. The van der Waals surface area contributed by atoms with Gasteiger partial charge in [-0.1, -0.05) is 18.2 Å². The summed E-state index contributed by atoms with van der Waals surface area (Å²) in [6.45, 7) is 1.92. The predicted octanol–water partition coefficient (Wildman–Crippen LogP) is 7.25. The lowest BCUT2D eigenvalue weighted by atomic mass is 9.86. The molecule has 43 heavy (non-hydrogen) atoms. The van der Waals surface area contributed by atoms with Gasteiger partial charge in [0, 0.05) is 30.7 Å². The molecule has 4 aromatic rings. The summed E-state index contributed by atoms with van der Waals surface area (Å²) in [5, 5.41) is 0. The van der Waals surface area contributed by atoms with Crippen molar-refractivity contribution in [2.24, 2.45) is 0 Å². The maximum Gasteiger partial charge on any atom is 0.212 e. The van der Waals surface area contributed by atoms with Crippen molar-refractivity contribution in [1.82, 2.24) is 9.80 Å². The van der Waals surface area contributed by atoms with E-state index in [1.165, 1.54) is 33.4 Å².